The molecule has 3 heterocycles. The zero-order chi connectivity index (χ0) is 23.9. The number of nitrogens with zero attached hydrogens (tertiary/aromatic N) is 2. The summed E-state index contributed by atoms with van der Waals surface area (Å²) in [6.45, 7) is -0.164. The first-order chi connectivity index (χ1) is 15.6. The van der Waals surface area contributed by atoms with Gasteiger partial charge in [0.25, 0.3) is 11.8 Å². The maximum atomic E-state index is 14.7. The van der Waals surface area contributed by atoms with Gasteiger partial charge in [-0.2, -0.15) is 8.78 Å². The minimum atomic E-state index is -3.68. The molecule has 1 aromatic carbocycles. The van der Waals surface area contributed by atoms with Crippen molar-refractivity contribution in [1.29, 1.82) is 0 Å². The molecule has 2 saturated heterocycles. The van der Waals surface area contributed by atoms with Crippen LogP contribution in [0.3, 0.4) is 0 Å². The fourth-order valence-corrected chi connectivity index (χ4v) is 4.74. The summed E-state index contributed by atoms with van der Waals surface area (Å²) in [6, 6.07) is 2.62. The molecule has 0 aliphatic carbocycles. The number of nitrogens with one attached hydrogen (secondary N) is 2. The van der Waals surface area contributed by atoms with Crippen LogP contribution in [0, 0.1) is 0 Å². The maximum absolute atomic E-state index is 14.7. The molecule has 3 aliphatic rings. The Hall–Kier alpha value is -2.95. The van der Waals surface area contributed by atoms with Crippen LogP contribution in [-0.4, -0.2) is 71.2 Å². The van der Waals surface area contributed by atoms with Gasteiger partial charge < -0.3 is 10.2 Å². The van der Waals surface area contributed by atoms with Crippen molar-refractivity contribution in [2.24, 2.45) is 0 Å². The Morgan fingerprint density at radius 3 is 2.67 bits per heavy atom. The van der Waals surface area contributed by atoms with E-state index in [0.717, 1.165) is 0 Å². The number of carbonyl (C=O) groups excluding carboxylic acids is 4. The molecular weight excluding hydrogens is 441 g/mol. The minimum absolute atomic E-state index is 0.0135. The van der Waals surface area contributed by atoms with Crippen molar-refractivity contribution in [3.63, 3.8) is 0 Å². The zero-order valence-corrected chi connectivity index (χ0v) is 18.1. The molecular formula is C22H25F3N4O4. The van der Waals surface area contributed by atoms with Gasteiger partial charge in [0.2, 0.25) is 11.8 Å². The molecule has 4 amide bonds. The topological polar surface area (TPSA) is 98.8 Å². The van der Waals surface area contributed by atoms with Gasteiger partial charge in [0.05, 0.1) is 6.04 Å². The van der Waals surface area contributed by atoms with Crippen molar-refractivity contribution < 1.29 is 32.3 Å². The lowest BCUT2D eigenvalue weighted by Gasteiger charge is -2.38. The Bertz CT molecular complexity index is 1000. The first kappa shape index (κ1) is 23.2. The number of hydrogen-bond donors (Lipinski definition) is 2. The highest BCUT2D eigenvalue weighted by Gasteiger charge is 2.50. The molecule has 11 heteroatoms. The van der Waals surface area contributed by atoms with Gasteiger partial charge in [-0.05, 0) is 43.5 Å². The molecule has 0 saturated carbocycles. The van der Waals surface area contributed by atoms with Crippen molar-refractivity contribution in [3.8, 4) is 0 Å². The van der Waals surface area contributed by atoms with Crippen LogP contribution in [0.1, 0.15) is 47.2 Å². The summed E-state index contributed by atoms with van der Waals surface area (Å²) < 4.78 is 42.8. The van der Waals surface area contributed by atoms with E-state index in [4.69, 9.17) is 0 Å². The Balaban J connectivity index is 1.40. The van der Waals surface area contributed by atoms with Crippen LogP contribution in [0.15, 0.2) is 18.2 Å². The number of halogens is 3. The summed E-state index contributed by atoms with van der Waals surface area (Å²) in [4.78, 5) is 51.0. The Morgan fingerprint density at radius 1 is 1.21 bits per heavy atom. The lowest BCUT2D eigenvalue weighted by molar-refractivity contribution is -0.159. The standard InChI is InChI=1S/C22H25F3N4O4/c1-28-11-14(23)3-6-17(28)22(24,25)21(33)26-9-12-2-4-15-13(8-12)10-29(20(15)32)16-5-7-18(30)27-19(16)31/h2,4,8,14,16-17H,3,5-7,9-11H2,1H3,(H,26,33)(H,27,30,31). The molecule has 1 aromatic rings. The summed E-state index contributed by atoms with van der Waals surface area (Å²) in [5.41, 5.74) is 1.53. The lowest BCUT2D eigenvalue weighted by Crippen LogP contribution is -2.57. The second-order valence-electron chi connectivity index (χ2n) is 8.83. The third-order valence-electron chi connectivity index (χ3n) is 6.53. The van der Waals surface area contributed by atoms with Gasteiger partial charge in [-0.1, -0.05) is 12.1 Å². The van der Waals surface area contributed by atoms with Crippen LogP contribution in [0.25, 0.3) is 0 Å². The summed E-state index contributed by atoms with van der Waals surface area (Å²) in [5, 5.41) is 4.48. The molecule has 8 nitrogen and oxygen atoms in total. The highest BCUT2D eigenvalue weighted by Crippen LogP contribution is 2.32. The number of hydrogen-bond acceptors (Lipinski definition) is 5. The average molecular weight is 466 g/mol. The number of carbonyl (C=O) groups is 4. The number of imide groups is 1. The molecule has 4 rings (SSSR count). The van der Waals surface area contributed by atoms with E-state index in [1.54, 1.807) is 18.2 Å². The van der Waals surface area contributed by atoms with Crippen molar-refractivity contribution in [2.45, 2.75) is 63.0 Å². The maximum Gasteiger partial charge on any atom is 0.339 e. The fraction of sp³-hybridized carbons (Fsp3) is 0.545. The van der Waals surface area contributed by atoms with E-state index in [9.17, 15) is 32.3 Å². The predicted molar refractivity (Wildman–Crippen MR) is 110 cm³/mol. The second kappa shape index (κ2) is 8.77. The number of rotatable bonds is 5. The van der Waals surface area contributed by atoms with Crippen molar-refractivity contribution in [1.82, 2.24) is 20.4 Å². The fourth-order valence-electron chi connectivity index (χ4n) is 4.74. The van der Waals surface area contributed by atoms with Crippen molar-refractivity contribution in [2.75, 3.05) is 13.6 Å². The summed E-state index contributed by atoms with van der Waals surface area (Å²) in [6.07, 6.45) is -0.931. The van der Waals surface area contributed by atoms with Crippen LogP contribution in [0.2, 0.25) is 0 Å². The molecule has 3 unspecified atom stereocenters. The van der Waals surface area contributed by atoms with Crippen LogP contribution >= 0.6 is 0 Å². The van der Waals surface area contributed by atoms with Gasteiger partial charge in [0.15, 0.2) is 0 Å². The average Bonchev–Trinajstić information content (AvgIpc) is 3.07. The Labute approximate surface area is 188 Å². The van der Waals surface area contributed by atoms with Crippen molar-refractivity contribution in [3.05, 3.63) is 34.9 Å². The predicted octanol–water partition coefficient (Wildman–Crippen LogP) is 1.13. The van der Waals surface area contributed by atoms with E-state index >= 15 is 0 Å². The summed E-state index contributed by atoms with van der Waals surface area (Å²) in [7, 11) is 1.38. The van der Waals surface area contributed by atoms with Gasteiger partial charge in [-0.25, -0.2) is 4.39 Å². The number of fused-ring (bicyclic) bond motifs is 1. The first-order valence-electron chi connectivity index (χ1n) is 10.8. The summed E-state index contributed by atoms with van der Waals surface area (Å²) >= 11 is 0. The molecule has 33 heavy (non-hydrogen) atoms. The SMILES string of the molecule is CN1CC(F)CCC1C(F)(F)C(=O)NCc1ccc2c(c1)CN(C1CCC(=O)NC1=O)C2=O. The quantitative estimate of drug-likeness (QED) is 0.634. The number of amides is 4. The molecule has 0 bridgehead atoms. The number of likely N-dealkylation sites (tertiary alicyclic amines) is 1. The third kappa shape index (κ3) is 4.46. The van der Waals surface area contributed by atoms with Gasteiger partial charge in [0, 0.05) is 31.6 Å². The Morgan fingerprint density at radius 2 is 1.97 bits per heavy atom. The van der Waals surface area contributed by atoms with Crippen molar-refractivity contribution >= 4 is 23.6 Å². The number of benzene rings is 1. The molecule has 3 atom stereocenters. The lowest BCUT2D eigenvalue weighted by atomic mass is 9.95. The van der Waals surface area contributed by atoms with E-state index in [0.29, 0.717) is 16.7 Å². The van der Waals surface area contributed by atoms with E-state index < -0.39 is 36.0 Å². The van der Waals surface area contributed by atoms with E-state index in [-0.39, 0.29) is 57.1 Å². The van der Waals surface area contributed by atoms with Crippen LogP contribution in [-0.2, 0) is 27.5 Å². The number of alkyl halides is 3. The molecule has 178 valence electrons. The molecule has 0 radical (unpaired) electrons. The van der Waals surface area contributed by atoms with Crippen LogP contribution in [0.4, 0.5) is 13.2 Å². The Kier molecular flexibility index (Phi) is 6.17. The van der Waals surface area contributed by atoms with Gasteiger partial charge in [-0.3, -0.25) is 29.4 Å². The smallest absolute Gasteiger partial charge is 0.339 e. The second-order valence-corrected chi connectivity index (χ2v) is 8.83. The van der Waals surface area contributed by atoms with Crippen LogP contribution < -0.4 is 10.6 Å². The highest BCUT2D eigenvalue weighted by atomic mass is 19.3. The normalized spacial score (nSPS) is 26.2. The van der Waals surface area contributed by atoms with Gasteiger partial charge in [0.1, 0.15) is 12.2 Å². The molecule has 2 N–H and O–H groups in total. The molecule has 0 aromatic heterocycles. The largest absolute Gasteiger partial charge is 0.347 e. The summed E-state index contributed by atoms with van der Waals surface area (Å²) in [5.74, 6) is -6.34. The molecule has 3 aliphatic heterocycles. The molecule has 0 spiro atoms. The van der Waals surface area contributed by atoms with Gasteiger partial charge in [-0.15, -0.1) is 0 Å². The van der Waals surface area contributed by atoms with E-state index in [1.165, 1.54) is 16.8 Å². The monoisotopic (exact) mass is 466 g/mol. The third-order valence-corrected chi connectivity index (χ3v) is 6.53. The minimum Gasteiger partial charge on any atom is -0.347 e. The first-order valence-corrected chi connectivity index (χ1v) is 10.8. The van der Waals surface area contributed by atoms with E-state index in [1.807, 2.05) is 0 Å². The van der Waals surface area contributed by atoms with E-state index in [2.05, 4.69) is 10.6 Å². The number of piperidine rings is 2. The van der Waals surface area contributed by atoms with Gasteiger partial charge >= 0.3 is 5.92 Å². The van der Waals surface area contributed by atoms with Crippen LogP contribution in [0.5, 0.6) is 0 Å². The zero-order valence-electron chi connectivity index (χ0n) is 18.1. The molecule has 2 fully saturated rings. The highest BCUT2D eigenvalue weighted by molar-refractivity contribution is 6.05.